The molecule has 0 saturated carbocycles. The topological polar surface area (TPSA) is 16.4 Å². The minimum Gasteiger partial charge on any atom is -0.456 e. The first-order chi connectivity index (χ1) is 25.3. The highest BCUT2D eigenvalue weighted by Gasteiger charge is 2.20. The molecule has 0 aliphatic rings. The molecule has 0 radical (unpaired) electrons. The second-order valence-corrected chi connectivity index (χ2v) is 14.0. The van der Waals surface area contributed by atoms with Crippen LogP contribution in [0.15, 0.2) is 192 Å². The zero-order valence-electron chi connectivity index (χ0n) is 27.7. The fraction of sp³-hybridized carbons (Fsp3) is 0. The maximum Gasteiger partial charge on any atom is 0.137 e. The molecule has 0 N–H and O–H groups in total. The van der Waals surface area contributed by atoms with Gasteiger partial charge in [-0.3, -0.25) is 0 Å². The monoisotopic (exact) mass is 669 g/mol. The molecule has 2 aromatic heterocycles. The quantitative estimate of drug-likeness (QED) is 0.175. The van der Waals surface area contributed by atoms with Gasteiger partial charge < -0.3 is 9.32 Å². The fourth-order valence-corrected chi connectivity index (χ4v) is 8.47. The molecule has 0 aliphatic carbocycles. The summed E-state index contributed by atoms with van der Waals surface area (Å²) in [5, 5.41) is 4.82. The predicted molar refractivity (Wildman–Crippen MR) is 218 cm³/mol. The molecule has 0 aliphatic heterocycles. The van der Waals surface area contributed by atoms with Crippen molar-refractivity contribution in [1.29, 1.82) is 0 Å². The van der Waals surface area contributed by atoms with Gasteiger partial charge in [-0.1, -0.05) is 127 Å². The first-order valence-electron chi connectivity index (χ1n) is 17.2. The van der Waals surface area contributed by atoms with Crippen LogP contribution in [0.5, 0.6) is 0 Å². The van der Waals surface area contributed by atoms with E-state index >= 15 is 0 Å². The summed E-state index contributed by atoms with van der Waals surface area (Å²) in [5.41, 5.74) is 12.2. The molecule has 0 atom stereocenters. The van der Waals surface area contributed by atoms with Gasteiger partial charge in [0.15, 0.2) is 0 Å². The van der Waals surface area contributed by atoms with E-state index in [9.17, 15) is 0 Å². The van der Waals surface area contributed by atoms with Crippen LogP contribution in [0.2, 0.25) is 0 Å². The van der Waals surface area contributed by atoms with Gasteiger partial charge >= 0.3 is 0 Å². The number of hydrogen-bond acceptors (Lipinski definition) is 3. The third kappa shape index (κ3) is 5.18. The minimum absolute atomic E-state index is 0.875. The van der Waals surface area contributed by atoms with Gasteiger partial charge in [-0.05, 0) is 94.0 Å². The Morgan fingerprint density at radius 3 is 1.73 bits per heavy atom. The molecule has 0 unspecified atom stereocenters. The van der Waals surface area contributed by atoms with Crippen molar-refractivity contribution in [2.24, 2.45) is 0 Å². The summed E-state index contributed by atoms with van der Waals surface area (Å²) in [7, 11) is 0. The smallest absolute Gasteiger partial charge is 0.137 e. The molecule has 8 aromatic carbocycles. The van der Waals surface area contributed by atoms with Crippen LogP contribution in [-0.4, -0.2) is 0 Å². The largest absolute Gasteiger partial charge is 0.456 e. The summed E-state index contributed by atoms with van der Waals surface area (Å²) < 4.78 is 9.00. The number of furan rings is 1. The van der Waals surface area contributed by atoms with Gasteiger partial charge in [0, 0.05) is 36.9 Å². The summed E-state index contributed by atoms with van der Waals surface area (Å²) in [6.45, 7) is 0. The van der Waals surface area contributed by atoms with E-state index in [4.69, 9.17) is 4.42 Å². The Morgan fingerprint density at radius 2 is 0.922 bits per heavy atom. The maximum absolute atomic E-state index is 6.37. The summed E-state index contributed by atoms with van der Waals surface area (Å²) in [5.74, 6) is 0. The van der Waals surface area contributed by atoms with Gasteiger partial charge in [-0.15, -0.1) is 11.3 Å². The van der Waals surface area contributed by atoms with Crippen LogP contribution in [-0.2, 0) is 0 Å². The van der Waals surface area contributed by atoms with Crippen molar-refractivity contribution < 1.29 is 4.42 Å². The van der Waals surface area contributed by atoms with Crippen molar-refractivity contribution in [2.45, 2.75) is 0 Å². The average Bonchev–Trinajstić information content (AvgIpc) is 3.77. The first kappa shape index (κ1) is 29.5. The Morgan fingerprint density at radius 1 is 0.353 bits per heavy atom. The van der Waals surface area contributed by atoms with E-state index in [2.05, 4.69) is 181 Å². The van der Waals surface area contributed by atoms with Gasteiger partial charge in [0.25, 0.3) is 0 Å². The van der Waals surface area contributed by atoms with Crippen LogP contribution < -0.4 is 4.90 Å². The zero-order valence-corrected chi connectivity index (χ0v) is 28.5. The van der Waals surface area contributed by atoms with E-state index in [1.165, 1.54) is 53.6 Å². The number of fused-ring (bicyclic) bond motifs is 6. The van der Waals surface area contributed by atoms with Crippen LogP contribution in [0.25, 0.3) is 75.5 Å². The van der Waals surface area contributed by atoms with Crippen molar-refractivity contribution in [3.8, 4) is 33.4 Å². The van der Waals surface area contributed by atoms with Crippen LogP contribution in [0.4, 0.5) is 17.1 Å². The number of anilines is 3. The number of para-hydroxylation sites is 1. The summed E-state index contributed by atoms with van der Waals surface area (Å²) in [6.07, 6.45) is 0. The zero-order chi connectivity index (χ0) is 33.7. The van der Waals surface area contributed by atoms with E-state index in [-0.39, 0.29) is 0 Å². The predicted octanol–water partition coefficient (Wildman–Crippen LogP) is 14.4. The Bertz CT molecular complexity index is 2850. The number of rotatable bonds is 6. The Hall–Kier alpha value is -6.42. The van der Waals surface area contributed by atoms with E-state index in [0.29, 0.717) is 0 Å². The first-order valence-corrected chi connectivity index (χ1v) is 18.1. The molecular formula is C48H31NOS. The molecule has 0 saturated heterocycles. The number of thiophene rings is 1. The summed E-state index contributed by atoms with van der Waals surface area (Å²) in [4.78, 5) is 2.37. The van der Waals surface area contributed by atoms with Gasteiger partial charge in [0.05, 0.1) is 11.1 Å². The molecule has 3 heteroatoms. The SMILES string of the molecule is c1ccc(-c2ccc(-c3ccc(N(c4cccc(-c5ccc6sc7ccccc7c6c5)c4)c4cccc5oc6ccccc6c45)cc3)cc2)cc1. The highest BCUT2D eigenvalue weighted by atomic mass is 32.1. The van der Waals surface area contributed by atoms with Crippen LogP contribution >= 0.6 is 11.3 Å². The van der Waals surface area contributed by atoms with Crippen molar-refractivity contribution >= 4 is 70.5 Å². The molecular weight excluding hydrogens is 639 g/mol. The highest BCUT2D eigenvalue weighted by Crippen LogP contribution is 2.44. The lowest BCUT2D eigenvalue weighted by molar-refractivity contribution is 0.669. The van der Waals surface area contributed by atoms with Crippen LogP contribution in [0.3, 0.4) is 0 Å². The van der Waals surface area contributed by atoms with Crippen molar-refractivity contribution in [3.05, 3.63) is 188 Å². The molecule has 10 rings (SSSR count). The third-order valence-electron chi connectivity index (χ3n) is 9.89. The molecule has 0 spiro atoms. The standard InChI is InChI=1S/C48H31NOS/c1-2-10-32(11-3-1)33-20-22-34(23-21-33)35-24-27-38(28-25-35)49(43-16-9-18-45-48(43)41-15-4-6-17-44(41)50-45)39-13-8-12-36(30-39)37-26-29-47-42(31-37)40-14-5-7-19-46(40)51-47/h1-31H. The lowest BCUT2D eigenvalue weighted by atomic mass is 9.99. The number of hydrogen-bond donors (Lipinski definition) is 0. The molecule has 0 amide bonds. The number of nitrogens with zero attached hydrogens (tertiary/aromatic N) is 1. The van der Waals surface area contributed by atoms with Crippen molar-refractivity contribution in [1.82, 2.24) is 0 Å². The molecule has 51 heavy (non-hydrogen) atoms. The summed E-state index contributed by atoms with van der Waals surface area (Å²) in [6, 6.07) is 67.4. The highest BCUT2D eigenvalue weighted by molar-refractivity contribution is 7.25. The van der Waals surface area contributed by atoms with E-state index in [1.807, 2.05) is 23.5 Å². The van der Waals surface area contributed by atoms with Crippen LogP contribution in [0, 0.1) is 0 Å². The van der Waals surface area contributed by atoms with Gasteiger partial charge in [0.2, 0.25) is 0 Å². The van der Waals surface area contributed by atoms with Gasteiger partial charge in [0.1, 0.15) is 11.2 Å². The maximum atomic E-state index is 6.37. The third-order valence-corrected chi connectivity index (χ3v) is 11.0. The van der Waals surface area contributed by atoms with Crippen molar-refractivity contribution in [3.63, 3.8) is 0 Å². The fourth-order valence-electron chi connectivity index (χ4n) is 7.39. The minimum atomic E-state index is 0.875. The Labute approximate surface area is 300 Å². The normalized spacial score (nSPS) is 11.5. The number of benzene rings is 8. The molecule has 2 nitrogen and oxygen atoms in total. The van der Waals surface area contributed by atoms with Gasteiger partial charge in [-0.25, -0.2) is 0 Å². The second-order valence-electron chi connectivity index (χ2n) is 12.9. The lowest BCUT2D eigenvalue weighted by Crippen LogP contribution is -2.10. The molecule has 2 heterocycles. The van der Waals surface area contributed by atoms with Crippen molar-refractivity contribution in [2.75, 3.05) is 4.90 Å². The van der Waals surface area contributed by atoms with E-state index in [0.717, 1.165) is 39.0 Å². The molecule has 240 valence electrons. The summed E-state index contributed by atoms with van der Waals surface area (Å²) >= 11 is 1.85. The lowest BCUT2D eigenvalue weighted by Gasteiger charge is -2.27. The van der Waals surface area contributed by atoms with E-state index < -0.39 is 0 Å². The van der Waals surface area contributed by atoms with Crippen LogP contribution in [0.1, 0.15) is 0 Å². The van der Waals surface area contributed by atoms with Gasteiger partial charge in [-0.2, -0.15) is 0 Å². The Balaban J connectivity index is 1.10. The average molecular weight is 670 g/mol. The second kappa shape index (κ2) is 12.2. The molecule has 10 aromatic rings. The van der Waals surface area contributed by atoms with E-state index in [1.54, 1.807) is 0 Å². The molecule has 0 fully saturated rings. The Kier molecular flexibility index (Phi) is 7.04. The molecule has 0 bridgehead atoms.